The maximum atomic E-state index is 6.07. The fourth-order valence-electron chi connectivity index (χ4n) is 5.79. The van der Waals surface area contributed by atoms with Crippen LogP contribution in [0.2, 0.25) is 0 Å². The molecule has 8 nitrogen and oxygen atoms in total. The molecule has 0 radical (unpaired) electrons. The fraction of sp³-hybridized carbons (Fsp3) is 0.517. The van der Waals surface area contributed by atoms with E-state index in [0.717, 1.165) is 62.7 Å². The van der Waals surface area contributed by atoms with Crippen LogP contribution in [0.4, 0.5) is 5.82 Å². The van der Waals surface area contributed by atoms with Gasteiger partial charge in [-0.2, -0.15) is 0 Å². The highest BCUT2D eigenvalue weighted by molar-refractivity contribution is 5.54. The van der Waals surface area contributed by atoms with Crippen LogP contribution in [0.5, 0.6) is 5.75 Å². The normalized spacial score (nSPS) is 22.8. The number of hydrogen-bond acceptors (Lipinski definition) is 8. The molecule has 5 rings (SSSR count). The summed E-state index contributed by atoms with van der Waals surface area (Å²) in [5.41, 5.74) is 2.36. The Hall–Kier alpha value is -3.26. The van der Waals surface area contributed by atoms with Crippen LogP contribution in [0.25, 0.3) is 11.5 Å². The Morgan fingerprint density at radius 3 is 2.51 bits per heavy atom. The Labute approximate surface area is 219 Å². The van der Waals surface area contributed by atoms with Crippen LogP contribution in [-0.2, 0) is 6.42 Å². The number of anilines is 1. The molecule has 0 saturated carbocycles. The molecule has 1 aliphatic carbocycles. The Morgan fingerprint density at radius 2 is 1.84 bits per heavy atom. The van der Waals surface area contributed by atoms with Crippen molar-refractivity contribution in [3.8, 4) is 17.2 Å². The lowest BCUT2D eigenvalue weighted by Gasteiger charge is -2.41. The lowest BCUT2D eigenvalue weighted by atomic mass is 9.69. The molecule has 0 spiro atoms. The van der Waals surface area contributed by atoms with Gasteiger partial charge in [0, 0.05) is 57.1 Å². The average Bonchev–Trinajstić information content (AvgIpc) is 3.39. The Balaban J connectivity index is 1.21. The fourth-order valence-corrected chi connectivity index (χ4v) is 5.79. The zero-order valence-electron chi connectivity index (χ0n) is 22.4. The quantitative estimate of drug-likeness (QED) is 0.408. The number of rotatable bonds is 8. The van der Waals surface area contributed by atoms with Gasteiger partial charge < -0.3 is 14.1 Å². The number of allylic oxidation sites excluding steroid dienone is 1. The van der Waals surface area contributed by atoms with Crippen molar-refractivity contribution < 1.29 is 9.15 Å². The molecule has 3 unspecified atom stereocenters. The van der Waals surface area contributed by atoms with Crippen molar-refractivity contribution in [1.82, 2.24) is 25.1 Å². The van der Waals surface area contributed by atoms with Crippen LogP contribution in [0.1, 0.15) is 33.1 Å². The van der Waals surface area contributed by atoms with E-state index in [1.54, 1.807) is 19.5 Å². The van der Waals surface area contributed by atoms with Gasteiger partial charge in [-0.3, -0.25) is 9.88 Å². The van der Waals surface area contributed by atoms with E-state index in [1.807, 2.05) is 30.5 Å². The van der Waals surface area contributed by atoms with Crippen LogP contribution in [0, 0.1) is 23.7 Å². The second-order valence-electron chi connectivity index (χ2n) is 10.7. The predicted octanol–water partition coefficient (Wildman–Crippen LogP) is 4.75. The lowest BCUT2D eigenvalue weighted by Crippen LogP contribution is -2.49. The first kappa shape index (κ1) is 25.4. The number of benzene rings is 1. The summed E-state index contributed by atoms with van der Waals surface area (Å²) in [6, 6.07) is 7.73. The van der Waals surface area contributed by atoms with E-state index >= 15 is 0 Å². The van der Waals surface area contributed by atoms with E-state index in [-0.39, 0.29) is 0 Å². The van der Waals surface area contributed by atoms with E-state index in [0.29, 0.717) is 35.5 Å². The van der Waals surface area contributed by atoms with Gasteiger partial charge in [0.25, 0.3) is 0 Å². The number of hydrogen-bond donors (Lipinski definition) is 0. The van der Waals surface area contributed by atoms with Crippen molar-refractivity contribution in [3.05, 3.63) is 60.4 Å². The first-order valence-corrected chi connectivity index (χ1v) is 13.4. The van der Waals surface area contributed by atoms with Gasteiger partial charge in [0.05, 0.1) is 13.3 Å². The zero-order valence-corrected chi connectivity index (χ0v) is 22.4. The topological polar surface area (TPSA) is 80.4 Å². The summed E-state index contributed by atoms with van der Waals surface area (Å²) in [7, 11) is 1.66. The maximum absolute atomic E-state index is 6.07. The molecule has 3 atom stereocenters. The Bertz CT molecular complexity index is 1170. The van der Waals surface area contributed by atoms with Crippen molar-refractivity contribution in [1.29, 1.82) is 0 Å². The standard InChI is InChI=1S/C29H38N6O2/c1-20(2)26-16-23(17-28-32-33-29(37-28)22-5-7-25(36-4)8-6-22)21(3)15-24(26)19-34-11-13-35(14-12-34)27-18-30-9-10-31-27/h5-10,15,18,20,23-24,26H,11-14,16-17,19H2,1-4H3. The van der Waals surface area contributed by atoms with Gasteiger partial charge in [0.1, 0.15) is 11.6 Å². The molecule has 196 valence electrons. The Morgan fingerprint density at radius 1 is 1.05 bits per heavy atom. The van der Waals surface area contributed by atoms with Crippen LogP contribution >= 0.6 is 0 Å². The molecule has 0 amide bonds. The summed E-state index contributed by atoms with van der Waals surface area (Å²) in [4.78, 5) is 13.7. The highest BCUT2D eigenvalue weighted by Gasteiger charge is 2.34. The monoisotopic (exact) mass is 502 g/mol. The van der Waals surface area contributed by atoms with Gasteiger partial charge in [-0.25, -0.2) is 4.98 Å². The SMILES string of the molecule is COc1ccc(-c2nnc(CC3CC(C(C)C)C(CN4CCN(c5cnccn5)CC4)C=C3C)o2)cc1. The molecule has 1 fully saturated rings. The third kappa shape index (κ3) is 6.01. The van der Waals surface area contributed by atoms with Gasteiger partial charge in [-0.15, -0.1) is 10.2 Å². The average molecular weight is 503 g/mol. The van der Waals surface area contributed by atoms with E-state index in [2.05, 4.69) is 56.8 Å². The third-order valence-corrected chi connectivity index (χ3v) is 8.02. The minimum absolute atomic E-state index is 0.432. The van der Waals surface area contributed by atoms with E-state index in [4.69, 9.17) is 9.15 Å². The molecule has 3 heterocycles. The Kier molecular flexibility index (Phi) is 7.84. The molecular weight excluding hydrogens is 464 g/mol. The molecule has 0 N–H and O–H groups in total. The second-order valence-corrected chi connectivity index (χ2v) is 10.7. The molecule has 1 aliphatic heterocycles. The van der Waals surface area contributed by atoms with E-state index in [9.17, 15) is 0 Å². The highest BCUT2D eigenvalue weighted by Crippen LogP contribution is 2.39. The number of ether oxygens (including phenoxy) is 1. The largest absolute Gasteiger partial charge is 0.497 e. The summed E-state index contributed by atoms with van der Waals surface area (Å²) < 4.78 is 11.3. The van der Waals surface area contributed by atoms with E-state index < -0.39 is 0 Å². The van der Waals surface area contributed by atoms with Crippen molar-refractivity contribution >= 4 is 5.82 Å². The predicted molar refractivity (Wildman–Crippen MR) is 144 cm³/mol. The molecule has 1 aromatic carbocycles. The van der Waals surface area contributed by atoms with Crippen LogP contribution < -0.4 is 9.64 Å². The molecule has 2 aliphatic rings. The van der Waals surface area contributed by atoms with Crippen LogP contribution in [-0.4, -0.2) is 64.9 Å². The van der Waals surface area contributed by atoms with Gasteiger partial charge in [0.15, 0.2) is 0 Å². The van der Waals surface area contributed by atoms with Crippen LogP contribution in [0.3, 0.4) is 0 Å². The number of methoxy groups -OCH3 is 1. The van der Waals surface area contributed by atoms with Gasteiger partial charge in [-0.1, -0.05) is 25.5 Å². The highest BCUT2D eigenvalue weighted by atomic mass is 16.5. The molecule has 8 heteroatoms. The molecule has 1 saturated heterocycles. The molecule has 0 bridgehead atoms. The van der Waals surface area contributed by atoms with Gasteiger partial charge in [-0.05, 0) is 61.3 Å². The summed E-state index contributed by atoms with van der Waals surface area (Å²) in [5, 5.41) is 8.69. The molecular formula is C29H38N6O2. The first-order chi connectivity index (χ1) is 18.0. The van der Waals surface area contributed by atoms with Crippen molar-refractivity contribution in [2.75, 3.05) is 44.7 Å². The molecule has 3 aromatic rings. The smallest absolute Gasteiger partial charge is 0.247 e. The lowest BCUT2D eigenvalue weighted by molar-refractivity contribution is 0.155. The third-order valence-electron chi connectivity index (χ3n) is 8.02. The van der Waals surface area contributed by atoms with Crippen molar-refractivity contribution in [2.45, 2.75) is 33.6 Å². The van der Waals surface area contributed by atoms with Crippen molar-refractivity contribution in [2.24, 2.45) is 23.7 Å². The van der Waals surface area contributed by atoms with E-state index in [1.165, 1.54) is 5.57 Å². The first-order valence-electron chi connectivity index (χ1n) is 13.4. The van der Waals surface area contributed by atoms with Gasteiger partial charge in [0.2, 0.25) is 11.8 Å². The van der Waals surface area contributed by atoms with Crippen LogP contribution in [0.15, 0.2) is 58.9 Å². The second kappa shape index (κ2) is 11.4. The molecule has 2 aromatic heterocycles. The minimum atomic E-state index is 0.432. The summed E-state index contributed by atoms with van der Waals surface area (Å²) in [6.45, 7) is 12.2. The number of aromatic nitrogens is 4. The zero-order chi connectivity index (χ0) is 25.8. The molecule has 37 heavy (non-hydrogen) atoms. The summed E-state index contributed by atoms with van der Waals surface area (Å²) in [6.07, 6.45) is 9.85. The summed E-state index contributed by atoms with van der Waals surface area (Å²) >= 11 is 0. The summed E-state index contributed by atoms with van der Waals surface area (Å²) in [5.74, 6) is 5.32. The van der Waals surface area contributed by atoms with Gasteiger partial charge >= 0.3 is 0 Å². The maximum Gasteiger partial charge on any atom is 0.247 e. The minimum Gasteiger partial charge on any atom is -0.497 e. The number of nitrogens with zero attached hydrogens (tertiary/aromatic N) is 6. The number of piperazine rings is 1. The van der Waals surface area contributed by atoms with Crippen molar-refractivity contribution in [3.63, 3.8) is 0 Å².